The molecule has 0 saturated heterocycles. The predicted octanol–water partition coefficient (Wildman–Crippen LogP) is 5.90. The number of hydrogen-bond donors (Lipinski definition) is 0. The van der Waals surface area contributed by atoms with E-state index in [0.717, 1.165) is 53.6 Å². The topological polar surface area (TPSA) is 63.7 Å². The molecule has 3 aromatic rings. The Bertz CT molecular complexity index is 1410. The molecule has 0 spiro atoms. The summed E-state index contributed by atoms with van der Waals surface area (Å²) in [5.41, 5.74) is 3.19. The number of hydrogen-bond acceptors (Lipinski definition) is 4. The summed E-state index contributed by atoms with van der Waals surface area (Å²) in [5.74, 6) is -0.963. The number of carbonyl (C=O) groups is 1. The second-order valence-electron chi connectivity index (χ2n) is 8.36. The molecule has 0 N–H and O–H groups in total. The van der Waals surface area contributed by atoms with Gasteiger partial charge in [-0.25, -0.2) is 8.42 Å². The van der Waals surface area contributed by atoms with Gasteiger partial charge in [-0.05, 0) is 53.9 Å². The molecule has 0 fully saturated rings. The van der Waals surface area contributed by atoms with E-state index in [1.165, 1.54) is 4.90 Å². The van der Waals surface area contributed by atoms with Crippen LogP contribution < -0.4 is 4.74 Å². The average molecular weight is 524 g/mol. The van der Waals surface area contributed by atoms with Crippen LogP contribution in [0.2, 0.25) is 5.02 Å². The number of ether oxygens (including phenoxy) is 1. The second-order valence-corrected chi connectivity index (χ2v) is 10.8. The Morgan fingerprint density at radius 1 is 1.03 bits per heavy atom. The lowest BCUT2D eigenvalue weighted by Gasteiger charge is -2.22. The average Bonchev–Trinajstić information content (AvgIpc) is 3.21. The van der Waals surface area contributed by atoms with Gasteiger partial charge in [0.05, 0.1) is 10.5 Å². The fourth-order valence-electron chi connectivity index (χ4n) is 3.84. The Balaban J connectivity index is 1.66. The molecule has 1 amide bonds. The lowest BCUT2D eigenvalue weighted by molar-refractivity contribution is -0.189. The summed E-state index contributed by atoms with van der Waals surface area (Å²) in [7, 11) is -3.71. The molecule has 184 valence electrons. The number of sulfone groups is 1. The van der Waals surface area contributed by atoms with E-state index in [0.29, 0.717) is 5.02 Å². The van der Waals surface area contributed by atoms with Gasteiger partial charge in [-0.1, -0.05) is 41.9 Å². The Hall–Kier alpha value is -3.04. The molecule has 0 radical (unpaired) electrons. The van der Waals surface area contributed by atoms with Crippen LogP contribution in [0.3, 0.4) is 0 Å². The van der Waals surface area contributed by atoms with Gasteiger partial charge in [0, 0.05) is 29.9 Å². The molecule has 1 heterocycles. The van der Waals surface area contributed by atoms with Gasteiger partial charge in [0.15, 0.2) is 15.9 Å². The number of fused-ring (bicyclic) bond motifs is 1. The summed E-state index contributed by atoms with van der Waals surface area (Å²) in [6.07, 6.45) is -5.89. The van der Waals surface area contributed by atoms with Crippen LogP contribution in [0.25, 0.3) is 11.1 Å². The summed E-state index contributed by atoms with van der Waals surface area (Å²) in [6, 6.07) is 16.3. The van der Waals surface area contributed by atoms with Gasteiger partial charge in [-0.3, -0.25) is 4.79 Å². The Morgan fingerprint density at radius 3 is 2.37 bits per heavy atom. The minimum Gasteiger partial charge on any atom is -0.480 e. The molecule has 0 aromatic heterocycles. The van der Waals surface area contributed by atoms with Gasteiger partial charge in [0.25, 0.3) is 5.91 Å². The molecule has 10 heteroatoms. The van der Waals surface area contributed by atoms with Crippen molar-refractivity contribution in [2.75, 3.05) is 6.26 Å². The highest BCUT2D eigenvalue weighted by Crippen LogP contribution is 2.35. The van der Waals surface area contributed by atoms with E-state index in [1.807, 2.05) is 36.4 Å². The van der Waals surface area contributed by atoms with Crippen LogP contribution in [0.15, 0.2) is 65.6 Å². The van der Waals surface area contributed by atoms with Crippen molar-refractivity contribution in [1.82, 2.24) is 4.90 Å². The third-order valence-electron chi connectivity index (χ3n) is 5.78. The maximum Gasteiger partial charge on any atom is 0.425 e. The molecule has 1 aliphatic rings. The monoisotopic (exact) mass is 523 g/mol. The van der Waals surface area contributed by atoms with E-state index >= 15 is 0 Å². The molecular weight excluding hydrogens is 503 g/mol. The number of halogens is 4. The van der Waals surface area contributed by atoms with Crippen molar-refractivity contribution in [2.24, 2.45) is 0 Å². The normalized spacial score (nSPS) is 14.5. The summed E-state index contributed by atoms with van der Waals surface area (Å²) < 4.78 is 68.4. The molecule has 1 aliphatic heterocycles. The van der Waals surface area contributed by atoms with Crippen molar-refractivity contribution in [3.05, 3.63) is 82.4 Å². The van der Waals surface area contributed by atoms with Crippen LogP contribution in [-0.2, 0) is 22.9 Å². The van der Waals surface area contributed by atoms with E-state index < -0.39 is 28.0 Å². The number of nitrogens with zero attached hydrogens (tertiary/aromatic N) is 1. The molecule has 4 rings (SSSR count). The van der Waals surface area contributed by atoms with Crippen LogP contribution in [0.5, 0.6) is 5.75 Å². The fourth-order valence-corrected chi connectivity index (χ4v) is 4.73. The highest BCUT2D eigenvalue weighted by atomic mass is 35.5. The lowest BCUT2D eigenvalue weighted by atomic mass is 10.0. The molecule has 1 atom stereocenters. The van der Waals surface area contributed by atoms with Gasteiger partial charge in [0.2, 0.25) is 0 Å². The number of alkyl halides is 3. The van der Waals surface area contributed by atoms with Crippen LogP contribution in [0.1, 0.15) is 28.4 Å². The van der Waals surface area contributed by atoms with Crippen molar-refractivity contribution in [3.8, 4) is 16.9 Å². The highest BCUT2D eigenvalue weighted by molar-refractivity contribution is 7.90. The zero-order valence-corrected chi connectivity index (χ0v) is 20.3. The van der Waals surface area contributed by atoms with E-state index in [9.17, 15) is 26.4 Å². The number of amides is 1. The zero-order valence-electron chi connectivity index (χ0n) is 18.8. The molecule has 0 unspecified atom stereocenters. The van der Waals surface area contributed by atoms with Crippen molar-refractivity contribution >= 4 is 27.3 Å². The standard InChI is InChI=1S/C25H21ClF3NO4S/c1-15(25(27,28)29)34-23-10-9-19(35(2,32)33)12-21(23)24(31)30-13-17-8-7-16(11-18(17)14-30)20-5-3-4-6-22(20)26/h3-12,15H,13-14H2,1-2H3/t15-/m0/s1. The van der Waals surface area contributed by atoms with Gasteiger partial charge in [-0.2, -0.15) is 13.2 Å². The first-order valence-electron chi connectivity index (χ1n) is 10.6. The van der Waals surface area contributed by atoms with Crippen LogP contribution in [-0.4, -0.2) is 37.8 Å². The van der Waals surface area contributed by atoms with E-state index in [-0.39, 0.29) is 29.3 Å². The Kier molecular flexibility index (Phi) is 6.59. The third kappa shape index (κ3) is 5.31. The Morgan fingerprint density at radius 2 is 1.71 bits per heavy atom. The van der Waals surface area contributed by atoms with Gasteiger partial charge < -0.3 is 9.64 Å². The van der Waals surface area contributed by atoms with Gasteiger partial charge >= 0.3 is 6.18 Å². The quantitative estimate of drug-likeness (QED) is 0.418. The van der Waals surface area contributed by atoms with Gasteiger partial charge in [-0.15, -0.1) is 0 Å². The second kappa shape index (κ2) is 9.20. The molecular formula is C25H21ClF3NO4S. The number of benzene rings is 3. The highest BCUT2D eigenvalue weighted by Gasteiger charge is 2.39. The van der Waals surface area contributed by atoms with Gasteiger partial charge in [0.1, 0.15) is 5.75 Å². The lowest BCUT2D eigenvalue weighted by Crippen LogP contribution is -2.32. The molecule has 35 heavy (non-hydrogen) atoms. The molecule has 3 aromatic carbocycles. The first-order valence-corrected chi connectivity index (χ1v) is 12.8. The summed E-state index contributed by atoms with van der Waals surface area (Å²) >= 11 is 6.30. The number of rotatable bonds is 5. The molecule has 0 bridgehead atoms. The minimum absolute atomic E-state index is 0.189. The van der Waals surface area contributed by atoms with Crippen LogP contribution in [0.4, 0.5) is 13.2 Å². The van der Waals surface area contributed by atoms with Crippen molar-refractivity contribution in [3.63, 3.8) is 0 Å². The van der Waals surface area contributed by atoms with Crippen molar-refractivity contribution < 1.29 is 31.1 Å². The largest absolute Gasteiger partial charge is 0.480 e. The zero-order chi connectivity index (χ0) is 25.5. The molecule has 0 aliphatic carbocycles. The SMILES string of the molecule is C[C@H](Oc1ccc(S(C)(=O)=O)cc1C(=O)N1Cc2ccc(-c3ccccc3Cl)cc2C1)C(F)(F)F. The van der Waals surface area contributed by atoms with Crippen LogP contribution in [0, 0.1) is 0 Å². The van der Waals surface area contributed by atoms with E-state index in [2.05, 4.69) is 0 Å². The third-order valence-corrected chi connectivity index (χ3v) is 7.21. The first-order chi connectivity index (χ1) is 16.3. The predicted molar refractivity (Wildman–Crippen MR) is 126 cm³/mol. The number of carbonyl (C=O) groups excluding carboxylic acids is 1. The fraction of sp³-hybridized carbons (Fsp3) is 0.240. The molecule has 0 saturated carbocycles. The van der Waals surface area contributed by atoms with E-state index in [1.54, 1.807) is 6.07 Å². The van der Waals surface area contributed by atoms with Crippen molar-refractivity contribution in [1.29, 1.82) is 0 Å². The van der Waals surface area contributed by atoms with Crippen LogP contribution >= 0.6 is 11.6 Å². The van der Waals surface area contributed by atoms with E-state index in [4.69, 9.17) is 16.3 Å². The molecule has 5 nitrogen and oxygen atoms in total. The first kappa shape index (κ1) is 25.1. The summed E-state index contributed by atoms with van der Waals surface area (Å²) in [4.78, 5) is 14.7. The maximum atomic E-state index is 13.4. The summed E-state index contributed by atoms with van der Waals surface area (Å²) in [6.45, 7) is 1.23. The summed E-state index contributed by atoms with van der Waals surface area (Å²) in [5, 5.41) is 0.580. The smallest absolute Gasteiger partial charge is 0.425 e. The Labute approximate surface area is 206 Å². The van der Waals surface area contributed by atoms with Crippen molar-refractivity contribution in [2.45, 2.75) is 37.2 Å². The minimum atomic E-state index is -4.66. The maximum absolute atomic E-state index is 13.4.